The number of hydrogen-bond donors (Lipinski definition) is 3. The van der Waals surface area contributed by atoms with E-state index in [4.69, 9.17) is 4.74 Å². The standard InChI is InChI=1S/C77H153NO5/c1-3-5-7-9-11-13-15-17-19-39-43-47-51-55-59-63-67-71-77(82)83-72-68-64-60-56-52-48-44-41-38-36-34-32-30-28-26-24-22-20-21-23-25-27-29-31-33-35-37-40-42-46-50-54-58-62-66-70-76(81)78-74(73-79)75(80)69-65-61-57-53-49-45-18-16-14-12-10-8-6-4-2/h74-75,79-80H,3-73H2,1-2H3,(H,78,81). The second-order valence-corrected chi connectivity index (χ2v) is 27.1. The molecule has 0 bridgehead atoms. The maximum Gasteiger partial charge on any atom is 0.305 e. The molecule has 0 aliphatic carbocycles. The van der Waals surface area contributed by atoms with Crippen molar-refractivity contribution >= 4 is 11.9 Å². The lowest BCUT2D eigenvalue weighted by atomic mass is 10.0. The number of ether oxygens (including phenoxy) is 1. The monoisotopic (exact) mass is 1170 g/mol. The first kappa shape index (κ1) is 81.9. The summed E-state index contributed by atoms with van der Waals surface area (Å²) < 4.78 is 5.52. The summed E-state index contributed by atoms with van der Waals surface area (Å²) in [5, 5.41) is 23.3. The van der Waals surface area contributed by atoms with Crippen molar-refractivity contribution < 1.29 is 24.5 Å². The normalized spacial score (nSPS) is 12.4. The highest BCUT2D eigenvalue weighted by atomic mass is 16.5. The van der Waals surface area contributed by atoms with Gasteiger partial charge in [-0.15, -0.1) is 0 Å². The molecular weight excluding hydrogens is 1020 g/mol. The number of carbonyl (C=O) groups is 2. The van der Waals surface area contributed by atoms with E-state index in [2.05, 4.69) is 19.2 Å². The van der Waals surface area contributed by atoms with E-state index in [0.717, 1.165) is 38.5 Å². The van der Waals surface area contributed by atoms with Crippen LogP contribution in [0.3, 0.4) is 0 Å². The first-order valence-electron chi connectivity index (χ1n) is 38.8. The Morgan fingerprint density at radius 1 is 0.289 bits per heavy atom. The fourth-order valence-corrected chi connectivity index (χ4v) is 12.8. The second-order valence-electron chi connectivity index (χ2n) is 27.1. The zero-order valence-electron chi connectivity index (χ0n) is 57.0. The molecular formula is C77H153NO5. The van der Waals surface area contributed by atoms with E-state index >= 15 is 0 Å². The summed E-state index contributed by atoms with van der Waals surface area (Å²) in [6, 6.07) is -0.536. The molecule has 0 heterocycles. The fourth-order valence-electron chi connectivity index (χ4n) is 12.8. The van der Waals surface area contributed by atoms with Crippen LogP contribution in [-0.2, 0) is 14.3 Å². The second kappa shape index (κ2) is 73.3. The topological polar surface area (TPSA) is 95.9 Å². The van der Waals surface area contributed by atoms with Gasteiger partial charge in [-0.1, -0.05) is 418 Å². The Labute approximate surface area is 521 Å². The molecule has 1 amide bonds. The van der Waals surface area contributed by atoms with Gasteiger partial charge >= 0.3 is 5.97 Å². The number of aliphatic hydroxyl groups excluding tert-OH is 2. The van der Waals surface area contributed by atoms with Crippen LogP contribution in [0.4, 0.5) is 0 Å². The molecule has 0 aromatic carbocycles. The molecule has 496 valence electrons. The van der Waals surface area contributed by atoms with Crippen molar-refractivity contribution in [3.05, 3.63) is 0 Å². The summed E-state index contributed by atoms with van der Waals surface area (Å²) in [5.74, 6) is 0.00200. The van der Waals surface area contributed by atoms with Crippen LogP contribution >= 0.6 is 0 Å². The lowest BCUT2D eigenvalue weighted by Crippen LogP contribution is -2.45. The van der Waals surface area contributed by atoms with Crippen molar-refractivity contribution in [3.8, 4) is 0 Å². The van der Waals surface area contributed by atoms with Gasteiger partial charge in [-0.05, 0) is 25.7 Å². The molecule has 0 aromatic rings. The van der Waals surface area contributed by atoms with Crippen molar-refractivity contribution in [1.82, 2.24) is 5.32 Å². The van der Waals surface area contributed by atoms with Crippen LogP contribution in [0.1, 0.15) is 457 Å². The Morgan fingerprint density at radius 2 is 0.494 bits per heavy atom. The highest BCUT2D eigenvalue weighted by molar-refractivity contribution is 5.76. The molecule has 0 radical (unpaired) electrons. The number of carbonyl (C=O) groups excluding carboxylic acids is 2. The van der Waals surface area contributed by atoms with Gasteiger partial charge in [0.15, 0.2) is 0 Å². The molecule has 0 rings (SSSR count). The van der Waals surface area contributed by atoms with Gasteiger partial charge in [0, 0.05) is 12.8 Å². The Kier molecular flexibility index (Phi) is 72.3. The van der Waals surface area contributed by atoms with Gasteiger partial charge in [-0.2, -0.15) is 0 Å². The lowest BCUT2D eigenvalue weighted by molar-refractivity contribution is -0.143. The Balaban J connectivity index is 3.27. The minimum Gasteiger partial charge on any atom is -0.466 e. The van der Waals surface area contributed by atoms with Crippen molar-refractivity contribution in [2.75, 3.05) is 13.2 Å². The zero-order chi connectivity index (χ0) is 59.9. The summed E-state index contributed by atoms with van der Waals surface area (Å²) in [7, 11) is 0. The van der Waals surface area contributed by atoms with Crippen LogP contribution in [0, 0.1) is 0 Å². The Hall–Kier alpha value is -1.14. The van der Waals surface area contributed by atoms with Gasteiger partial charge in [0.2, 0.25) is 5.91 Å². The predicted octanol–water partition coefficient (Wildman–Crippen LogP) is 25.3. The summed E-state index contributed by atoms with van der Waals surface area (Å²) in [5.41, 5.74) is 0. The van der Waals surface area contributed by atoms with Crippen LogP contribution in [0.5, 0.6) is 0 Å². The third-order valence-corrected chi connectivity index (χ3v) is 18.7. The maximum atomic E-state index is 12.5. The number of nitrogens with one attached hydrogen (secondary N) is 1. The molecule has 3 N–H and O–H groups in total. The third-order valence-electron chi connectivity index (χ3n) is 18.7. The van der Waals surface area contributed by atoms with E-state index in [0.29, 0.717) is 25.9 Å². The van der Waals surface area contributed by atoms with Crippen molar-refractivity contribution in [1.29, 1.82) is 0 Å². The van der Waals surface area contributed by atoms with Crippen LogP contribution in [0.25, 0.3) is 0 Å². The van der Waals surface area contributed by atoms with Crippen molar-refractivity contribution in [2.45, 2.75) is 469 Å². The average Bonchev–Trinajstić information content (AvgIpc) is 3.49. The number of rotatable bonds is 74. The van der Waals surface area contributed by atoms with Gasteiger partial charge in [0.25, 0.3) is 0 Å². The maximum absolute atomic E-state index is 12.5. The summed E-state index contributed by atoms with van der Waals surface area (Å²) >= 11 is 0. The molecule has 0 saturated heterocycles. The summed E-state index contributed by atoms with van der Waals surface area (Å²) in [6.45, 7) is 5.01. The molecule has 0 saturated carbocycles. The minimum absolute atomic E-state index is 0.0259. The number of amides is 1. The number of unbranched alkanes of at least 4 members (excludes halogenated alkanes) is 63. The lowest BCUT2D eigenvalue weighted by Gasteiger charge is -2.22. The first-order chi connectivity index (χ1) is 41.0. The van der Waals surface area contributed by atoms with Crippen molar-refractivity contribution in [2.24, 2.45) is 0 Å². The number of hydrogen-bond acceptors (Lipinski definition) is 5. The van der Waals surface area contributed by atoms with Crippen molar-refractivity contribution in [3.63, 3.8) is 0 Å². The highest BCUT2D eigenvalue weighted by Gasteiger charge is 2.20. The molecule has 0 aliphatic rings. The molecule has 0 aromatic heterocycles. The van der Waals surface area contributed by atoms with Gasteiger partial charge in [-0.25, -0.2) is 0 Å². The molecule has 6 heteroatoms. The number of aliphatic hydroxyl groups is 2. The van der Waals surface area contributed by atoms with E-state index in [1.165, 1.54) is 385 Å². The fraction of sp³-hybridized carbons (Fsp3) is 0.974. The zero-order valence-corrected chi connectivity index (χ0v) is 57.0. The van der Waals surface area contributed by atoms with E-state index in [1.54, 1.807) is 0 Å². The first-order valence-corrected chi connectivity index (χ1v) is 38.8. The van der Waals surface area contributed by atoms with E-state index in [9.17, 15) is 19.8 Å². The van der Waals surface area contributed by atoms with Crippen LogP contribution < -0.4 is 5.32 Å². The molecule has 2 atom stereocenters. The van der Waals surface area contributed by atoms with Crippen LogP contribution in [-0.4, -0.2) is 47.4 Å². The highest BCUT2D eigenvalue weighted by Crippen LogP contribution is 2.20. The van der Waals surface area contributed by atoms with Gasteiger partial charge in [0.1, 0.15) is 0 Å². The molecule has 0 aliphatic heterocycles. The van der Waals surface area contributed by atoms with Crippen LogP contribution in [0.2, 0.25) is 0 Å². The predicted molar refractivity (Wildman–Crippen MR) is 366 cm³/mol. The van der Waals surface area contributed by atoms with E-state index in [1.807, 2.05) is 0 Å². The average molecular weight is 1170 g/mol. The van der Waals surface area contributed by atoms with Gasteiger partial charge in [-0.3, -0.25) is 9.59 Å². The smallest absolute Gasteiger partial charge is 0.305 e. The third kappa shape index (κ3) is 69.8. The van der Waals surface area contributed by atoms with E-state index in [-0.39, 0.29) is 18.5 Å². The van der Waals surface area contributed by atoms with Crippen LogP contribution in [0.15, 0.2) is 0 Å². The molecule has 83 heavy (non-hydrogen) atoms. The molecule has 0 fully saturated rings. The Bertz CT molecular complexity index is 1210. The summed E-state index contributed by atoms with van der Waals surface area (Å²) in [6.07, 6.45) is 90.6. The SMILES string of the molecule is CCCCCCCCCCCCCCCCCCCC(=O)OCCCCCCCCCCCCCCCCCCCCCCCCCCCCCCCCCCCCCC(=O)NC(CO)C(O)CCCCCCCCCCCCCCCC. The van der Waals surface area contributed by atoms with E-state index < -0.39 is 12.1 Å². The minimum atomic E-state index is -0.659. The number of esters is 1. The largest absolute Gasteiger partial charge is 0.466 e. The summed E-state index contributed by atoms with van der Waals surface area (Å²) in [4.78, 5) is 24.6. The van der Waals surface area contributed by atoms with Gasteiger partial charge < -0.3 is 20.3 Å². The quantitative estimate of drug-likeness (QED) is 0.0417. The molecule has 2 unspecified atom stereocenters. The Morgan fingerprint density at radius 3 is 0.735 bits per heavy atom. The molecule has 6 nitrogen and oxygen atoms in total. The molecule has 0 spiro atoms. The van der Waals surface area contributed by atoms with Gasteiger partial charge in [0.05, 0.1) is 25.4 Å².